The van der Waals surface area contributed by atoms with Gasteiger partial charge in [0.15, 0.2) is 0 Å². The van der Waals surface area contributed by atoms with Crippen LogP contribution in [-0.2, 0) is 0 Å². The van der Waals surface area contributed by atoms with Gasteiger partial charge in [0, 0.05) is 12.3 Å². The first-order chi connectivity index (χ1) is 4.83. The molecule has 0 heterocycles. The van der Waals surface area contributed by atoms with E-state index in [9.17, 15) is 0 Å². The van der Waals surface area contributed by atoms with Crippen LogP contribution < -0.4 is 5.43 Å². The molecule has 0 bridgehead atoms. The number of hydrogen-bond acceptors (Lipinski definition) is 2. The van der Waals surface area contributed by atoms with Gasteiger partial charge in [0.2, 0.25) is 0 Å². The van der Waals surface area contributed by atoms with Crippen molar-refractivity contribution in [1.29, 1.82) is 0 Å². The van der Waals surface area contributed by atoms with Crippen LogP contribution in [0.4, 0.5) is 0 Å². The Hall–Kier alpha value is -0.530. The molecule has 0 amide bonds. The zero-order chi connectivity index (χ0) is 7.40. The van der Waals surface area contributed by atoms with E-state index in [2.05, 4.69) is 24.4 Å². The minimum Gasteiger partial charge on any atom is -0.310 e. The van der Waals surface area contributed by atoms with Crippen molar-refractivity contribution in [3.05, 3.63) is 0 Å². The number of nitrogens with zero attached hydrogens (tertiary/aromatic N) is 1. The molecule has 0 aromatic carbocycles. The molecule has 1 rings (SSSR count). The zero-order valence-corrected chi connectivity index (χ0v) is 6.85. The molecule has 1 N–H and O–H groups in total. The standard InChI is InChI=1S/C8H16N2/c1-3-4-9-10-8-5-7(2)6-8/h7,9H,3-6H2,1-2H3. The summed E-state index contributed by atoms with van der Waals surface area (Å²) in [6.45, 7) is 5.42. The Morgan fingerprint density at radius 3 is 2.80 bits per heavy atom. The first-order valence-corrected chi connectivity index (χ1v) is 4.11. The topological polar surface area (TPSA) is 24.4 Å². The predicted molar refractivity (Wildman–Crippen MR) is 44.1 cm³/mol. The maximum Gasteiger partial charge on any atom is 0.0383 e. The van der Waals surface area contributed by atoms with Crippen LogP contribution >= 0.6 is 0 Å². The van der Waals surface area contributed by atoms with Crippen LogP contribution in [0.2, 0.25) is 0 Å². The van der Waals surface area contributed by atoms with Gasteiger partial charge in [-0.1, -0.05) is 13.8 Å². The molecule has 1 aliphatic carbocycles. The van der Waals surface area contributed by atoms with E-state index in [0.29, 0.717) is 0 Å². The molecule has 0 unspecified atom stereocenters. The third-order valence-electron chi connectivity index (χ3n) is 1.77. The maximum atomic E-state index is 4.24. The summed E-state index contributed by atoms with van der Waals surface area (Å²) in [4.78, 5) is 0. The number of hydrazone groups is 1. The first-order valence-electron chi connectivity index (χ1n) is 4.11. The van der Waals surface area contributed by atoms with Gasteiger partial charge >= 0.3 is 0 Å². The lowest BCUT2D eigenvalue weighted by molar-refractivity contribution is 0.542. The van der Waals surface area contributed by atoms with Crippen molar-refractivity contribution in [2.45, 2.75) is 33.1 Å². The van der Waals surface area contributed by atoms with Gasteiger partial charge in [0.1, 0.15) is 0 Å². The normalized spacial score (nSPS) is 23.8. The van der Waals surface area contributed by atoms with Crippen molar-refractivity contribution in [3.63, 3.8) is 0 Å². The van der Waals surface area contributed by atoms with Gasteiger partial charge < -0.3 is 5.43 Å². The van der Waals surface area contributed by atoms with E-state index in [1.54, 1.807) is 0 Å². The molecular formula is C8H16N2. The molecule has 0 aromatic rings. The van der Waals surface area contributed by atoms with Crippen molar-refractivity contribution in [2.24, 2.45) is 11.0 Å². The Morgan fingerprint density at radius 1 is 1.60 bits per heavy atom. The predicted octanol–water partition coefficient (Wildman–Crippen LogP) is 1.77. The van der Waals surface area contributed by atoms with E-state index in [1.165, 1.54) is 18.6 Å². The van der Waals surface area contributed by atoms with E-state index < -0.39 is 0 Å². The second kappa shape index (κ2) is 3.59. The summed E-state index contributed by atoms with van der Waals surface area (Å²) >= 11 is 0. The van der Waals surface area contributed by atoms with Crippen LogP contribution in [0.1, 0.15) is 33.1 Å². The van der Waals surface area contributed by atoms with Gasteiger partial charge in [-0.05, 0) is 25.2 Å². The second-order valence-electron chi connectivity index (χ2n) is 3.10. The fraction of sp³-hybridized carbons (Fsp3) is 0.875. The summed E-state index contributed by atoms with van der Waals surface area (Å²) in [5, 5.41) is 4.24. The Bertz CT molecular complexity index is 121. The summed E-state index contributed by atoms with van der Waals surface area (Å²) < 4.78 is 0. The summed E-state index contributed by atoms with van der Waals surface area (Å²) in [5.41, 5.74) is 4.39. The average molecular weight is 140 g/mol. The molecule has 1 fully saturated rings. The fourth-order valence-electron chi connectivity index (χ4n) is 1.12. The molecule has 1 aliphatic rings. The van der Waals surface area contributed by atoms with E-state index in [4.69, 9.17) is 0 Å². The van der Waals surface area contributed by atoms with Crippen LogP contribution in [-0.4, -0.2) is 12.3 Å². The summed E-state index contributed by atoms with van der Waals surface area (Å²) in [5.74, 6) is 0.877. The van der Waals surface area contributed by atoms with Gasteiger partial charge in [-0.25, -0.2) is 0 Å². The van der Waals surface area contributed by atoms with E-state index in [1.807, 2.05) is 0 Å². The fourth-order valence-corrected chi connectivity index (χ4v) is 1.12. The average Bonchev–Trinajstić information content (AvgIpc) is 1.85. The van der Waals surface area contributed by atoms with Crippen LogP contribution in [0.25, 0.3) is 0 Å². The van der Waals surface area contributed by atoms with Crippen LogP contribution in [0.3, 0.4) is 0 Å². The van der Waals surface area contributed by atoms with Gasteiger partial charge in [-0.3, -0.25) is 0 Å². The quantitative estimate of drug-likeness (QED) is 0.469. The van der Waals surface area contributed by atoms with Crippen molar-refractivity contribution in [2.75, 3.05) is 6.54 Å². The Labute approximate surface area is 62.7 Å². The lowest BCUT2D eigenvalue weighted by Gasteiger charge is -2.23. The maximum absolute atomic E-state index is 4.24. The highest BCUT2D eigenvalue weighted by molar-refractivity contribution is 5.89. The molecule has 0 aliphatic heterocycles. The summed E-state index contributed by atoms with van der Waals surface area (Å²) in [6, 6.07) is 0. The third kappa shape index (κ3) is 2.01. The van der Waals surface area contributed by atoms with Gasteiger partial charge in [-0.15, -0.1) is 0 Å². The van der Waals surface area contributed by atoms with Crippen molar-refractivity contribution < 1.29 is 0 Å². The zero-order valence-electron chi connectivity index (χ0n) is 6.85. The lowest BCUT2D eigenvalue weighted by atomic mass is 9.85. The first kappa shape index (κ1) is 7.58. The highest BCUT2D eigenvalue weighted by Gasteiger charge is 2.19. The highest BCUT2D eigenvalue weighted by atomic mass is 15.3. The molecule has 0 atom stereocenters. The van der Waals surface area contributed by atoms with Gasteiger partial charge in [0.25, 0.3) is 0 Å². The van der Waals surface area contributed by atoms with Crippen LogP contribution in [0, 0.1) is 5.92 Å². The number of nitrogens with one attached hydrogen (secondary N) is 1. The Kier molecular flexibility index (Phi) is 2.72. The molecule has 58 valence electrons. The van der Waals surface area contributed by atoms with Crippen molar-refractivity contribution >= 4 is 5.71 Å². The minimum absolute atomic E-state index is 0.877. The molecule has 0 aromatic heterocycles. The van der Waals surface area contributed by atoms with Crippen LogP contribution in [0.5, 0.6) is 0 Å². The summed E-state index contributed by atoms with van der Waals surface area (Å²) in [7, 11) is 0. The molecular weight excluding hydrogens is 124 g/mol. The third-order valence-corrected chi connectivity index (χ3v) is 1.77. The minimum atomic E-state index is 0.877. The van der Waals surface area contributed by atoms with E-state index in [-0.39, 0.29) is 0 Å². The molecule has 2 nitrogen and oxygen atoms in total. The molecule has 0 spiro atoms. The SMILES string of the molecule is CCCNN=C1CC(C)C1. The van der Waals surface area contributed by atoms with Gasteiger partial charge in [0.05, 0.1) is 0 Å². The Morgan fingerprint density at radius 2 is 2.30 bits per heavy atom. The van der Waals surface area contributed by atoms with Crippen molar-refractivity contribution in [1.82, 2.24) is 5.43 Å². The molecule has 10 heavy (non-hydrogen) atoms. The second-order valence-corrected chi connectivity index (χ2v) is 3.10. The van der Waals surface area contributed by atoms with E-state index in [0.717, 1.165) is 18.9 Å². The van der Waals surface area contributed by atoms with Crippen LogP contribution in [0.15, 0.2) is 5.10 Å². The van der Waals surface area contributed by atoms with Gasteiger partial charge in [-0.2, -0.15) is 5.10 Å². The molecule has 2 heteroatoms. The number of rotatable bonds is 3. The largest absolute Gasteiger partial charge is 0.310 e. The van der Waals surface area contributed by atoms with Crippen molar-refractivity contribution in [3.8, 4) is 0 Å². The van der Waals surface area contributed by atoms with E-state index >= 15 is 0 Å². The molecule has 0 radical (unpaired) electrons. The lowest BCUT2D eigenvalue weighted by Crippen LogP contribution is -2.23. The number of hydrogen-bond donors (Lipinski definition) is 1. The smallest absolute Gasteiger partial charge is 0.0383 e. The Balaban J connectivity index is 2.05. The highest BCUT2D eigenvalue weighted by Crippen LogP contribution is 2.22. The monoisotopic (exact) mass is 140 g/mol. The molecule has 0 saturated heterocycles. The molecule has 1 saturated carbocycles. The summed E-state index contributed by atoms with van der Waals surface area (Å²) in [6.07, 6.45) is 3.57.